The quantitative estimate of drug-likeness (QED) is 0.763. The Labute approximate surface area is 143 Å². The molecule has 1 spiro atoms. The summed E-state index contributed by atoms with van der Waals surface area (Å²) in [5, 5.41) is 0. The third kappa shape index (κ3) is 2.29. The highest BCUT2D eigenvalue weighted by Crippen LogP contribution is 2.57. The van der Waals surface area contributed by atoms with Gasteiger partial charge in [-0.2, -0.15) is 0 Å². The zero-order chi connectivity index (χ0) is 16.6. The maximum Gasteiger partial charge on any atom is 0.169 e. The Bertz CT molecular complexity index is 763. The Balaban J connectivity index is 1.83. The molecule has 1 fully saturated rings. The molecule has 0 N–H and O–H groups in total. The minimum atomic E-state index is -0.417. The van der Waals surface area contributed by atoms with E-state index in [9.17, 15) is 4.79 Å². The highest BCUT2D eigenvalue weighted by molar-refractivity contribution is 6.02. The monoisotopic (exact) mass is 318 g/mol. The van der Waals surface area contributed by atoms with Gasteiger partial charge in [-0.25, -0.2) is 0 Å². The molecule has 4 rings (SSSR count). The van der Waals surface area contributed by atoms with Gasteiger partial charge in [-0.05, 0) is 24.3 Å². The molecule has 2 aromatic rings. The van der Waals surface area contributed by atoms with E-state index in [1.807, 2.05) is 48.5 Å². The van der Waals surface area contributed by atoms with Crippen LogP contribution < -0.4 is 0 Å². The van der Waals surface area contributed by atoms with Crippen molar-refractivity contribution in [1.29, 1.82) is 0 Å². The molecule has 0 unspecified atom stereocenters. The minimum absolute atomic E-state index is 0.205. The lowest BCUT2D eigenvalue weighted by atomic mass is 9.67. The molecule has 1 heterocycles. The van der Waals surface area contributed by atoms with E-state index in [1.165, 1.54) is 0 Å². The molecule has 0 amide bonds. The molecule has 0 aromatic heterocycles. The van der Waals surface area contributed by atoms with Crippen LogP contribution in [0.2, 0.25) is 0 Å². The Hall–Kier alpha value is -2.35. The van der Waals surface area contributed by atoms with Crippen molar-refractivity contribution in [3.8, 4) is 0 Å². The predicted octanol–water partition coefficient (Wildman–Crippen LogP) is 5.17. The second kappa shape index (κ2) is 5.94. The van der Waals surface area contributed by atoms with E-state index in [0.717, 1.165) is 30.4 Å². The van der Waals surface area contributed by atoms with Crippen molar-refractivity contribution in [3.05, 3.63) is 77.9 Å². The second-order valence-corrected chi connectivity index (χ2v) is 6.98. The van der Waals surface area contributed by atoms with Crippen LogP contribution in [0, 0.1) is 11.3 Å². The lowest BCUT2D eigenvalue weighted by Crippen LogP contribution is -2.42. The van der Waals surface area contributed by atoms with Gasteiger partial charge in [0.1, 0.15) is 11.9 Å². The van der Waals surface area contributed by atoms with Crippen molar-refractivity contribution in [2.45, 2.75) is 32.3 Å². The molecule has 122 valence electrons. The smallest absolute Gasteiger partial charge is 0.169 e. The maximum absolute atomic E-state index is 13.2. The third-order valence-electron chi connectivity index (χ3n) is 5.70. The normalized spacial score (nSPS) is 29.4. The van der Waals surface area contributed by atoms with Crippen LogP contribution in [0.1, 0.15) is 43.4 Å². The molecule has 1 aliphatic carbocycles. The summed E-state index contributed by atoms with van der Waals surface area (Å²) in [6.45, 7) is 2.20. The molecule has 0 bridgehead atoms. The summed E-state index contributed by atoms with van der Waals surface area (Å²) in [4.78, 5) is 13.2. The maximum atomic E-state index is 13.2. The van der Waals surface area contributed by atoms with Crippen LogP contribution in [0.25, 0.3) is 5.76 Å². The fourth-order valence-electron chi connectivity index (χ4n) is 4.36. The summed E-state index contributed by atoms with van der Waals surface area (Å²) in [6, 6.07) is 20.1. The van der Waals surface area contributed by atoms with Crippen molar-refractivity contribution in [1.82, 2.24) is 0 Å². The topological polar surface area (TPSA) is 26.3 Å². The van der Waals surface area contributed by atoms with Gasteiger partial charge in [0, 0.05) is 11.6 Å². The van der Waals surface area contributed by atoms with Crippen LogP contribution in [0.4, 0.5) is 0 Å². The van der Waals surface area contributed by atoms with E-state index in [2.05, 4.69) is 19.1 Å². The molecule has 1 saturated carbocycles. The molecule has 2 aliphatic rings. The molecular weight excluding hydrogens is 296 g/mol. The molecule has 24 heavy (non-hydrogen) atoms. The highest BCUT2D eigenvalue weighted by atomic mass is 16.5. The van der Waals surface area contributed by atoms with E-state index in [0.29, 0.717) is 11.7 Å². The van der Waals surface area contributed by atoms with E-state index in [1.54, 1.807) is 6.08 Å². The van der Waals surface area contributed by atoms with Gasteiger partial charge in [-0.3, -0.25) is 4.79 Å². The number of ketones is 1. The van der Waals surface area contributed by atoms with Crippen LogP contribution in [0.5, 0.6) is 0 Å². The first-order valence-corrected chi connectivity index (χ1v) is 8.75. The lowest BCUT2D eigenvalue weighted by Gasteiger charge is -2.42. The first-order valence-electron chi connectivity index (χ1n) is 8.75. The fourth-order valence-corrected chi connectivity index (χ4v) is 4.36. The number of ether oxygens (including phenoxy) is 1. The Morgan fingerprint density at radius 3 is 2.29 bits per heavy atom. The average molecular weight is 318 g/mol. The number of hydrogen-bond acceptors (Lipinski definition) is 2. The van der Waals surface area contributed by atoms with Gasteiger partial charge in [0.25, 0.3) is 0 Å². The largest absolute Gasteiger partial charge is 0.484 e. The van der Waals surface area contributed by atoms with E-state index in [-0.39, 0.29) is 11.9 Å². The minimum Gasteiger partial charge on any atom is -0.484 e. The van der Waals surface area contributed by atoms with Crippen LogP contribution in [0.15, 0.2) is 66.7 Å². The predicted molar refractivity (Wildman–Crippen MR) is 95.1 cm³/mol. The van der Waals surface area contributed by atoms with Gasteiger partial charge in [0.05, 0.1) is 5.41 Å². The van der Waals surface area contributed by atoms with Crippen molar-refractivity contribution in [2.24, 2.45) is 11.3 Å². The third-order valence-corrected chi connectivity index (χ3v) is 5.70. The number of carbonyl (C=O) groups is 1. The lowest BCUT2D eigenvalue weighted by molar-refractivity contribution is -0.136. The summed E-state index contributed by atoms with van der Waals surface area (Å²) in [5.74, 6) is 1.26. The van der Waals surface area contributed by atoms with Crippen molar-refractivity contribution in [3.63, 3.8) is 0 Å². The first-order chi connectivity index (χ1) is 11.7. The Kier molecular flexibility index (Phi) is 3.76. The molecule has 2 aromatic carbocycles. The van der Waals surface area contributed by atoms with Crippen LogP contribution in [0.3, 0.4) is 0 Å². The van der Waals surface area contributed by atoms with E-state index >= 15 is 0 Å². The van der Waals surface area contributed by atoms with E-state index < -0.39 is 5.41 Å². The summed E-state index contributed by atoms with van der Waals surface area (Å²) in [5.41, 5.74) is 1.65. The second-order valence-electron chi connectivity index (χ2n) is 6.98. The molecule has 1 aliphatic heterocycles. The number of allylic oxidation sites excluding steroid dienone is 1. The zero-order valence-electron chi connectivity index (χ0n) is 13.9. The van der Waals surface area contributed by atoms with Gasteiger partial charge in [-0.15, -0.1) is 0 Å². The summed E-state index contributed by atoms with van der Waals surface area (Å²) in [6.07, 6.45) is 4.62. The molecule has 3 atom stereocenters. The molecular formula is C22H22O2. The highest BCUT2D eigenvalue weighted by Gasteiger charge is 2.55. The molecule has 0 saturated heterocycles. The SMILES string of the molecule is C[C@H]1CCC[C@]12C(=O)C=C(c1ccccc1)O[C@H]2c1ccccc1. The summed E-state index contributed by atoms with van der Waals surface area (Å²) >= 11 is 0. The van der Waals surface area contributed by atoms with Gasteiger partial charge in [0.2, 0.25) is 0 Å². The average Bonchev–Trinajstić information content (AvgIpc) is 3.01. The van der Waals surface area contributed by atoms with Gasteiger partial charge in [-0.1, -0.05) is 74.0 Å². The van der Waals surface area contributed by atoms with Crippen molar-refractivity contribution >= 4 is 11.5 Å². The van der Waals surface area contributed by atoms with E-state index in [4.69, 9.17) is 4.74 Å². The fraction of sp³-hybridized carbons (Fsp3) is 0.318. The molecule has 2 nitrogen and oxygen atoms in total. The van der Waals surface area contributed by atoms with Gasteiger partial charge in [0.15, 0.2) is 5.78 Å². The standard InChI is InChI=1S/C22H22O2/c1-16-9-8-14-22(16)20(23)15-19(17-10-4-2-5-11-17)24-21(22)18-12-6-3-7-13-18/h2-7,10-13,15-16,21H,8-9,14H2,1H3/t16-,21-,22+/m0/s1. The van der Waals surface area contributed by atoms with Crippen LogP contribution in [-0.4, -0.2) is 5.78 Å². The van der Waals surface area contributed by atoms with Gasteiger partial charge >= 0.3 is 0 Å². The van der Waals surface area contributed by atoms with Crippen LogP contribution >= 0.6 is 0 Å². The number of hydrogen-bond donors (Lipinski definition) is 0. The van der Waals surface area contributed by atoms with Crippen molar-refractivity contribution in [2.75, 3.05) is 0 Å². The number of rotatable bonds is 2. The zero-order valence-corrected chi connectivity index (χ0v) is 13.9. The first kappa shape index (κ1) is 15.2. The molecule has 0 radical (unpaired) electrons. The Morgan fingerprint density at radius 1 is 1.00 bits per heavy atom. The van der Waals surface area contributed by atoms with Crippen molar-refractivity contribution < 1.29 is 9.53 Å². The Morgan fingerprint density at radius 2 is 1.67 bits per heavy atom. The van der Waals surface area contributed by atoms with Gasteiger partial charge < -0.3 is 4.74 Å². The van der Waals surface area contributed by atoms with Crippen LogP contribution in [-0.2, 0) is 9.53 Å². The number of benzene rings is 2. The number of carbonyl (C=O) groups excluding carboxylic acids is 1. The summed E-state index contributed by atoms with van der Waals surface area (Å²) < 4.78 is 6.48. The molecule has 2 heteroatoms. The summed E-state index contributed by atoms with van der Waals surface area (Å²) in [7, 11) is 0.